The summed E-state index contributed by atoms with van der Waals surface area (Å²) in [5, 5.41) is 0. The molecule has 0 N–H and O–H groups in total. The Labute approximate surface area is 132 Å². The Kier molecular flexibility index (Phi) is 16.9. The molecule has 0 aliphatic heterocycles. The molecule has 0 rings (SSSR count). The molecule has 0 saturated carbocycles. The van der Waals surface area contributed by atoms with E-state index in [2.05, 4.69) is 18.8 Å². The first-order chi connectivity index (χ1) is 10.3. The number of nitrogens with zero attached hydrogens (tertiary/aromatic N) is 1. The van der Waals surface area contributed by atoms with E-state index in [1.54, 1.807) is 6.08 Å². The minimum Gasteiger partial charge on any atom is -0.211 e. The highest BCUT2D eigenvalue weighted by molar-refractivity contribution is 5.33. The van der Waals surface area contributed by atoms with E-state index >= 15 is 0 Å². The Hall–Kier alpha value is -0.620. The smallest absolute Gasteiger partial charge is 0.211 e. The quantitative estimate of drug-likeness (QED) is 0.179. The van der Waals surface area contributed by atoms with E-state index in [9.17, 15) is 4.79 Å². The molecule has 2 heteroatoms. The Balaban J connectivity index is 3.22. The predicted molar refractivity (Wildman–Crippen MR) is 92.5 cm³/mol. The summed E-state index contributed by atoms with van der Waals surface area (Å²) in [6, 6.07) is 0.232. The monoisotopic (exact) mass is 295 g/mol. The second-order valence-corrected chi connectivity index (χ2v) is 6.34. The van der Waals surface area contributed by atoms with Gasteiger partial charge in [-0.05, 0) is 12.8 Å². The summed E-state index contributed by atoms with van der Waals surface area (Å²) in [6.45, 7) is 4.42. The average Bonchev–Trinajstić information content (AvgIpc) is 2.48. The van der Waals surface area contributed by atoms with Crippen molar-refractivity contribution < 1.29 is 4.79 Å². The molecule has 124 valence electrons. The van der Waals surface area contributed by atoms with Crippen LogP contribution in [0.3, 0.4) is 0 Å². The van der Waals surface area contributed by atoms with Gasteiger partial charge in [-0.15, -0.1) is 0 Å². The summed E-state index contributed by atoms with van der Waals surface area (Å²) in [6.07, 6.45) is 21.5. The number of carbonyl (C=O) groups excluding carboxylic acids is 1. The number of isocyanates is 1. The van der Waals surface area contributed by atoms with Crippen LogP contribution in [0, 0.1) is 0 Å². The maximum absolute atomic E-state index is 10.3. The van der Waals surface area contributed by atoms with E-state index in [1.165, 1.54) is 77.0 Å². The van der Waals surface area contributed by atoms with Crippen LogP contribution in [0.15, 0.2) is 4.99 Å². The zero-order chi connectivity index (χ0) is 15.6. The van der Waals surface area contributed by atoms with Gasteiger partial charge < -0.3 is 0 Å². The van der Waals surface area contributed by atoms with Gasteiger partial charge in [0.25, 0.3) is 0 Å². The van der Waals surface area contributed by atoms with Crippen molar-refractivity contribution in [3.05, 3.63) is 0 Å². The number of hydrogen-bond donors (Lipinski definition) is 0. The maximum Gasteiger partial charge on any atom is 0.235 e. The highest BCUT2D eigenvalue weighted by atomic mass is 16.1. The van der Waals surface area contributed by atoms with E-state index in [4.69, 9.17) is 0 Å². The van der Waals surface area contributed by atoms with Crippen LogP contribution in [0.5, 0.6) is 0 Å². The van der Waals surface area contributed by atoms with Crippen molar-refractivity contribution in [3.8, 4) is 0 Å². The molecular formula is C19H37NO. The number of aliphatic imine (C=N–C) groups is 1. The van der Waals surface area contributed by atoms with E-state index < -0.39 is 0 Å². The van der Waals surface area contributed by atoms with E-state index in [0.29, 0.717) is 0 Å². The van der Waals surface area contributed by atoms with Crippen LogP contribution in [-0.4, -0.2) is 12.1 Å². The molecule has 2 nitrogen and oxygen atoms in total. The molecule has 0 fully saturated rings. The Morgan fingerprint density at radius 2 is 1.14 bits per heavy atom. The first kappa shape index (κ1) is 20.4. The van der Waals surface area contributed by atoms with Crippen molar-refractivity contribution in [2.45, 2.75) is 116 Å². The molecule has 0 aromatic heterocycles. The van der Waals surface area contributed by atoms with Crippen molar-refractivity contribution in [1.82, 2.24) is 0 Å². The van der Waals surface area contributed by atoms with Gasteiger partial charge in [0.05, 0.1) is 6.04 Å². The van der Waals surface area contributed by atoms with Gasteiger partial charge in [-0.3, -0.25) is 0 Å². The van der Waals surface area contributed by atoms with Gasteiger partial charge in [0, 0.05) is 0 Å². The second-order valence-electron chi connectivity index (χ2n) is 6.34. The third-order valence-corrected chi connectivity index (χ3v) is 4.25. The van der Waals surface area contributed by atoms with Crippen molar-refractivity contribution in [2.24, 2.45) is 4.99 Å². The molecule has 0 bridgehead atoms. The maximum atomic E-state index is 10.3. The summed E-state index contributed by atoms with van der Waals surface area (Å²) in [4.78, 5) is 14.2. The third-order valence-electron chi connectivity index (χ3n) is 4.25. The predicted octanol–water partition coefficient (Wildman–Crippen LogP) is 6.58. The summed E-state index contributed by atoms with van der Waals surface area (Å²) in [5.41, 5.74) is 0. The first-order valence-corrected chi connectivity index (χ1v) is 9.42. The fourth-order valence-electron chi connectivity index (χ4n) is 2.90. The van der Waals surface area contributed by atoms with E-state index in [0.717, 1.165) is 19.3 Å². The summed E-state index contributed by atoms with van der Waals surface area (Å²) in [5.74, 6) is 0. The fourth-order valence-corrected chi connectivity index (χ4v) is 2.90. The SMILES string of the molecule is CCCCCCCCCCCCCCC(CCC)N=C=O. The average molecular weight is 296 g/mol. The number of unbranched alkanes of at least 4 members (excludes halogenated alkanes) is 11. The van der Waals surface area contributed by atoms with Crippen LogP contribution in [0.1, 0.15) is 110 Å². The Bertz CT molecular complexity index is 246. The van der Waals surface area contributed by atoms with Crippen molar-refractivity contribution in [1.29, 1.82) is 0 Å². The van der Waals surface area contributed by atoms with Crippen LogP contribution in [0.25, 0.3) is 0 Å². The lowest BCUT2D eigenvalue weighted by molar-refractivity contribution is 0.495. The second kappa shape index (κ2) is 17.4. The minimum absolute atomic E-state index is 0.232. The zero-order valence-electron chi connectivity index (χ0n) is 14.5. The molecule has 0 saturated heterocycles. The zero-order valence-corrected chi connectivity index (χ0v) is 14.5. The highest BCUT2D eigenvalue weighted by Crippen LogP contribution is 2.15. The summed E-state index contributed by atoms with van der Waals surface area (Å²) >= 11 is 0. The molecule has 21 heavy (non-hydrogen) atoms. The lowest BCUT2D eigenvalue weighted by Gasteiger charge is -2.08. The summed E-state index contributed by atoms with van der Waals surface area (Å²) < 4.78 is 0. The molecule has 1 atom stereocenters. The van der Waals surface area contributed by atoms with Crippen LogP contribution in [0.2, 0.25) is 0 Å². The minimum atomic E-state index is 0.232. The van der Waals surface area contributed by atoms with Crippen LogP contribution >= 0.6 is 0 Å². The molecular weight excluding hydrogens is 258 g/mol. The first-order valence-electron chi connectivity index (χ1n) is 9.42. The van der Waals surface area contributed by atoms with E-state index in [-0.39, 0.29) is 6.04 Å². The van der Waals surface area contributed by atoms with Gasteiger partial charge in [-0.25, -0.2) is 9.79 Å². The number of hydrogen-bond acceptors (Lipinski definition) is 2. The highest BCUT2D eigenvalue weighted by Gasteiger charge is 2.04. The fraction of sp³-hybridized carbons (Fsp3) is 0.947. The van der Waals surface area contributed by atoms with Gasteiger partial charge in [0.1, 0.15) is 0 Å². The van der Waals surface area contributed by atoms with Gasteiger partial charge in [-0.1, -0.05) is 97.3 Å². The normalized spacial score (nSPS) is 12.1. The van der Waals surface area contributed by atoms with Gasteiger partial charge >= 0.3 is 0 Å². The van der Waals surface area contributed by atoms with Gasteiger partial charge in [-0.2, -0.15) is 0 Å². The molecule has 0 heterocycles. The van der Waals surface area contributed by atoms with Crippen LogP contribution < -0.4 is 0 Å². The Morgan fingerprint density at radius 1 is 0.667 bits per heavy atom. The Morgan fingerprint density at radius 3 is 1.57 bits per heavy atom. The largest absolute Gasteiger partial charge is 0.235 e. The van der Waals surface area contributed by atoms with Crippen LogP contribution in [0.4, 0.5) is 0 Å². The lowest BCUT2D eigenvalue weighted by atomic mass is 10.0. The molecule has 1 unspecified atom stereocenters. The van der Waals surface area contributed by atoms with E-state index in [1.807, 2.05) is 0 Å². The van der Waals surface area contributed by atoms with Gasteiger partial charge in [0.2, 0.25) is 6.08 Å². The van der Waals surface area contributed by atoms with Crippen LogP contribution in [-0.2, 0) is 4.79 Å². The molecule has 0 aromatic rings. The van der Waals surface area contributed by atoms with Crippen molar-refractivity contribution >= 4 is 6.08 Å². The topological polar surface area (TPSA) is 29.4 Å². The molecule has 0 spiro atoms. The molecule has 0 aliphatic carbocycles. The number of rotatable bonds is 16. The van der Waals surface area contributed by atoms with Crippen molar-refractivity contribution in [3.63, 3.8) is 0 Å². The molecule has 0 amide bonds. The molecule has 0 radical (unpaired) electrons. The third kappa shape index (κ3) is 15.6. The van der Waals surface area contributed by atoms with Crippen molar-refractivity contribution in [2.75, 3.05) is 0 Å². The van der Waals surface area contributed by atoms with Gasteiger partial charge in [0.15, 0.2) is 0 Å². The standard InChI is InChI=1S/C19H37NO/c1-3-5-6-7-8-9-10-11-12-13-14-15-17-19(16-4-2)20-18-21/h19H,3-17H2,1-2H3. The molecule has 0 aliphatic rings. The lowest BCUT2D eigenvalue weighted by Crippen LogP contribution is -2.03. The molecule has 0 aromatic carbocycles. The summed E-state index contributed by atoms with van der Waals surface area (Å²) in [7, 11) is 0.